The summed E-state index contributed by atoms with van der Waals surface area (Å²) >= 11 is 0. The van der Waals surface area contributed by atoms with Crippen LogP contribution in [0.3, 0.4) is 0 Å². The van der Waals surface area contributed by atoms with E-state index in [1.165, 1.54) is 0 Å². The number of piperazine rings is 1. The van der Waals surface area contributed by atoms with Crippen LogP contribution in [0, 0.1) is 0 Å². The highest BCUT2D eigenvalue weighted by molar-refractivity contribution is 5.90. The summed E-state index contributed by atoms with van der Waals surface area (Å²) in [6.07, 6.45) is 0.457. The molecule has 28 heavy (non-hydrogen) atoms. The van der Waals surface area contributed by atoms with Crippen LogP contribution in [-0.4, -0.2) is 54.3 Å². The average molecular weight is 380 g/mol. The Bertz CT molecular complexity index is 782. The molecule has 1 fully saturated rings. The molecule has 1 saturated heterocycles. The van der Waals surface area contributed by atoms with Crippen molar-refractivity contribution in [3.05, 3.63) is 66.2 Å². The van der Waals surface area contributed by atoms with Gasteiger partial charge in [0, 0.05) is 44.8 Å². The van der Waals surface area contributed by atoms with Crippen LogP contribution in [0.1, 0.15) is 25.8 Å². The fourth-order valence-corrected chi connectivity index (χ4v) is 3.55. The second-order valence-corrected chi connectivity index (χ2v) is 7.79. The number of amides is 2. The summed E-state index contributed by atoms with van der Waals surface area (Å²) in [5, 5.41) is 2.92. The Morgan fingerprint density at radius 2 is 1.46 bits per heavy atom. The normalized spacial score (nSPS) is 15.3. The molecule has 0 bridgehead atoms. The number of carbonyl (C=O) groups is 2. The van der Waals surface area contributed by atoms with Gasteiger partial charge in [0.1, 0.15) is 0 Å². The molecule has 0 aromatic heterocycles. The summed E-state index contributed by atoms with van der Waals surface area (Å²) in [5.41, 5.74) is 1.34. The predicted molar refractivity (Wildman–Crippen MR) is 112 cm³/mol. The zero-order chi connectivity index (χ0) is 20.0. The Hall–Kier alpha value is -2.66. The molecule has 148 valence electrons. The maximum atomic E-state index is 13.0. The maximum absolute atomic E-state index is 13.0. The zero-order valence-electron chi connectivity index (χ0n) is 16.7. The number of hydrogen-bond acceptors (Lipinski definition) is 3. The molecule has 2 aromatic carbocycles. The highest BCUT2D eigenvalue weighted by Gasteiger charge is 2.34. The molecule has 5 heteroatoms. The van der Waals surface area contributed by atoms with Crippen molar-refractivity contribution < 1.29 is 9.59 Å². The third-order valence-corrected chi connectivity index (χ3v) is 5.40. The van der Waals surface area contributed by atoms with E-state index in [9.17, 15) is 9.59 Å². The number of benzene rings is 2. The molecule has 0 saturated carbocycles. The van der Waals surface area contributed by atoms with E-state index >= 15 is 0 Å². The molecule has 2 amide bonds. The van der Waals surface area contributed by atoms with Crippen LogP contribution in [0.4, 0.5) is 5.69 Å². The second kappa shape index (κ2) is 9.02. The van der Waals surface area contributed by atoms with Crippen LogP contribution in [0.2, 0.25) is 0 Å². The molecule has 0 aliphatic carbocycles. The van der Waals surface area contributed by atoms with Gasteiger partial charge in [-0.05, 0) is 31.5 Å². The van der Waals surface area contributed by atoms with Gasteiger partial charge < -0.3 is 10.2 Å². The summed E-state index contributed by atoms with van der Waals surface area (Å²) in [4.78, 5) is 29.4. The molecule has 5 nitrogen and oxygen atoms in total. The first kappa shape index (κ1) is 20.1. The van der Waals surface area contributed by atoms with Crippen molar-refractivity contribution >= 4 is 17.5 Å². The first-order chi connectivity index (χ1) is 13.5. The van der Waals surface area contributed by atoms with Crippen molar-refractivity contribution in [3.63, 3.8) is 0 Å². The van der Waals surface area contributed by atoms with Gasteiger partial charge in [-0.1, -0.05) is 48.5 Å². The highest BCUT2D eigenvalue weighted by atomic mass is 16.2. The molecule has 0 radical (unpaired) electrons. The number of para-hydroxylation sites is 1. The van der Waals surface area contributed by atoms with Gasteiger partial charge in [0.05, 0.1) is 5.41 Å². The lowest BCUT2D eigenvalue weighted by Crippen LogP contribution is -2.53. The SMILES string of the molecule is CC(C)(C(=O)N1CCN(CCC(=O)Nc2ccccc2)CC1)c1ccccc1. The molecule has 1 heterocycles. The summed E-state index contributed by atoms with van der Waals surface area (Å²) < 4.78 is 0. The second-order valence-electron chi connectivity index (χ2n) is 7.79. The van der Waals surface area contributed by atoms with Crippen molar-refractivity contribution in [1.82, 2.24) is 9.80 Å². The van der Waals surface area contributed by atoms with Crippen molar-refractivity contribution in [1.29, 1.82) is 0 Å². The lowest BCUT2D eigenvalue weighted by Gasteiger charge is -2.38. The smallest absolute Gasteiger partial charge is 0.232 e. The van der Waals surface area contributed by atoms with E-state index in [0.717, 1.165) is 24.3 Å². The van der Waals surface area contributed by atoms with E-state index < -0.39 is 5.41 Å². The summed E-state index contributed by atoms with van der Waals surface area (Å²) in [6.45, 7) is 7.70. The minimum absolute atomic E-state index is 0.0231. The van der Waals surface area contributed by atoms with Gasteiger partial charge in [-0.25, -0.2) is 0 Å². The fraction of sp³-hybridized carbons (Fsp3) is 0.391. The molecule has 3 rings (SSSR count). The van der Waals surface area contributed by atoms with E-state index in [4.69, 9.17) is 0 Å². The Morgan fingerprint density at radius 3 is 2.07 bits per heavy atom. The van der Waals surface area contributed by atoms with Crippen LogP contribution in [0.5, 0.6) is 0 Å². The molecule has 1 aliphatic rings. The van der Waals surface area contributed by atoms with Gasteiger partial charge >= 0.3 is 0 Å². The van der Waals surface area contributed by atoms with Crippen LogP contribution >= 0.6 is 0 Å². The average Bonchev–Trinajstić information content (AvgIpc) is 2.73. The standard InChI is InChI=1S/C23H29N3O2/c1-23(2,19-9-5-3-6-10-19)22(28)26-17-15-25(16-18-26)14-13-21(27)24-20-11-7-4-8-12-20/h3-12H,13-18H2,1-2H3,(H,24,27). The Labute approximate surface area is 167 Å². The van der Waals surface area contributed by atoms with Crippen molar-refractivity contribution in [2.75, 3.05) is 38.0 Å². The fourth-order valence-electron chi connectivity index (χ4n) is 3.55. The monoisotopic (exact) mass is 379 g/mol. The topological polar surface area (TPSA) is 52.7 Å². The molecule has 1 N–H and O–H groups in total. The van der Waals surface area contributed by atoms with E-state index in [2.05, 4.69) is 10.2 Å². The van der Waals surface area contributed by atoms with E-state index in [0.29, 0.717) is 26.1 Å². The first-order valence-electron chi connectivity index (χ1n) is 9.89. The Kier molecular flexibility index (Phi) is 6.47. The van der Waals surface area contributed by atoms with E-state index in [-0.39, 0.29) is 11.8 Å². The van der Waals surface area contributed by atoms with Crippen molar-refractivity contribution in [3.8, 4) is 0 Å². The molecular weight excluding hydrogens is 350 g/mol. The molecular formula is C23H29N3O2. The zero-order valence-corrected chi connectivity index (χ0v) is 16.7. The minimum atomic E-state index is -0.529. The number of carbonyl (C=O) groups excluding carboxylic acids is 2. The predicted octanol–water partition coefficient (Wildman–Crippen LogP) is 3.14. The van der Waals surface area contributed by atoms with Crippen molar-refractivity contribution in [2.24, 2.45) is 0 Å². The third-order valence-electron chi connectivity index (χ3n) is 5.40. The van der Waals surface area contributed by atoms with Gasteiger partial charge in [0.2, 0.25) is 11.8 Å². The number of nitrogens with one attached hydrogen (secondary N) is 1. The third kappa shape index (κ3) is 4.98. The van der Waals surface area contributed by atoms with Crippen LogP contribution in [0.25, 0.3) is 0 Å². The number of nitrogens with zero attached hydrogens (tertiary/aromatic N) is 2. The summed E-state index contributed by atoms with van der Waals surface area (Å²) in [6, 6.07) is 19.5. The molecule has 0 unspecified atom stereocenters. The number of anilines is 1. The van der Waals surface area contributed by atoms with Gasteiger partial charge in [0.25, 0.3) is 0 Å². The first-order valence-corrected chi connectivity index (χ1v) is 9.89. The Morgan fingerprint density at radius 1 is 0.893 bits per heavy atom. The molecule has 1 aliphatic heterocycles. The van der Waals surface area contributed by atoms with Crippen molar-refractivity contribution in [2.45, 2.75) is 25.7 Å². The van der Waals surface area contributed by atoms with Gasteiger partial charge in [-0.2, -0.15) is 0 Å². The van der Waals surface area contributed by atoms with Crippen LogP contribution in [-0.2, 0) is 15.0 Å². The van der Waals surface area contributed by atoms with E-state index in [1.807, 2.05) is 79.4 Å². The summed E-state index contributed by atoms with van der Waals surface area (Å²) in [5.74, 6) is 0.190. The quantitative estimate of drug-likeness (QED) is 0.839. The highest BCUT2D eigenvalue weighted by Crippen LogP contribution is 2.26. The lowest BCUT2D eigenvalue weighted by atomic mass is 9.83. The molecule has 0 atom stereocenters. The number of rotatable bonds is 6. The van der Waals surface area contributed by atoms with Gasteiger partial charge in [-0.3, -0.25) is 14.5 Å². The van der Waals surface area contributed by atoms with Gasteiger partial charge in [0.15, 0.2) is 0 Å². The largest absolute Gasteiger partial charge is 0.339 e. The summed E-state index contributed by atoms with van der Waals surface area (Å²) in [7, 11) is 0. The number of hydrogen-bond donors (Lipinski definition) is 1. The lowest BCUT2D eigenvalue weighted by molar-refractivity contribution is -0.138. The van der Waals surface area contributed by atoms with Gasteiger partial charge in [-0.15, -0.1) is 0 Å². The minimum Gasteiger partial charge on any atom is -0.339 e. The van der Waals surface area contributed by atoms with E-state index in [1.54, 1.807) is 0 Å². The Balaban J connectivity index is 1.45. The maximum Gasteiger partial charge on any atom is 0.232 e. The molecule has 2 aromatic rings. The molecule has 0 spiro atoms. The van der Waals surface area contributed by atoms with Crippen LogP contribution in [0.15, 0.2) is 60.7 Å². The van der Waals surface area contributed by atoms with Crippen LogP contribution < -0.4 is 5.32 Å².